The summed E-state index contributed by atoms with van der Waals surface area (Å²) < 4.78 is 46.3. The Balaban J connectivity index is 0.00000392. The normalized spacial score (nSPS) is 11.4. The number of aliphatic imine (C=N–C) groups is 1. The maximum absolute atomic E-state index is 12.4. The molecule has 0 unspecified atom stereocenters. The highest BCUT2D eigenvalue weighted by atomic mass is 127. The van der Waals surface area contributed by atoms with Gasteiger partial charge in [-0.3, -0.25) is 10.1 Å². The molecule has 0 spiro atoms. The minimum atomic E-state index is -4.86. The first-order valence-electron chi connectivity index (χ1n) is 7.42. The fourth-order valence-corrected chi connectivity index (χ4v) is 2.13. The lowest BCUT2D eigenvalue weighted by atomic mass is 10.2. The van der Waals surface area contributed by atoms with Gasteiger partial charge in [0.15, 0.2) is 11.7 Å². The number of nitrogens with one attached hydrogen (secondary N) is 1. The molecule has 12 heteroatoms. The van der Waals surface area contributed by atoms with Crippen molar-refractivity contribution in [2.45, 2.75) is 12.9 Å². The van der Waals surface area contributed by atoms with Gasteiger partial charge in [0.1, 0.15) is 5.75 Å². The summed E-state index contributed by atoms with van der Waals surface area (Å²) in [6.45, 7) is -0.0913. The zero-order chi connectivity index (χ0) is 20.0. The Morgan fingerprint density at radius 2 is 1.93 bits per heavy atom. The van der Waals surface area contributed by atoms with Crippen molar-refractivity contribution in [3.63, 3.8) is 0 Å². The Morgan fingerprint density at radius 3 is 2.54 bits per heavy atom. The predicted molar refractivity (Wildman–Crippen MR) is 107 cm³/mol. The second-order valence-corrected chi connectivity index (χ2v) is 5.12. The van der Waals surface area contributed by atoms with E-state index in [-0.39, 0.29) is 47.9 Å². The molecule has 0 radical (unpaired) electrons. The number of guanidine groups is 1. The molecular formula is C16H16F3IN4O4. The van der Waals surface area contributed by atoms with Crippen molar-refractivity contribution >= 4 is 41.3 Å². The van der Waals surface area contributed by atoms with Gasteiger partial charge in [0, 0.05) is 17.7 Å². The molecule has 0 saturated heterocycles. The van der Waals surface area contributed by atoms with E-state index in [9.17, 15) is 23.3 Å². The maximum atomic E-state index is 12.4. The topological polar surface area (TPSA) is 112 Å². The molecule has 0 bridgehead atoms. The summed E-state index contributed by atoms with van der Waals surface area (Å²) in [6.07, 6.45) is -4.86. The van der Waals surface area contributed by atoms with E-state index >= 15 is 0 Å². The van der Waals surface area contributed by atoms with E-state index in [1.165, 1.54) is 43.5 Å². The lowest BCUT2D eigenvalue weighted by Gasteiger charge is -2.14. The van der Waals surface area contributed by atoms with Gasteiger partial charge < -0.3 is 20.5 Å². The standard InChI is InChI=1S/C16H15F3N4O4.HI/c1-26-13-7-6-11(23(24)25)8-10(13)9-21-15(20)22-12-4-2-3-5-14(12)27-16(17,18)19;/h2-8H,9H2,1H3,(H3,20,21,22);1H. The Bertz CT molecular complexity index is 862. The first-order chi connectivity index (χ1) is 12.7. The van der Waals surface area contributed by atoms with Crippen LogP contribution in [0.25, 0.3) is 0 Å². The van der Waals surface area contributed by atoms with E-state index < -0.39 is 17.0 Å². The summed E-state index contributed by atoms with van der Waals surface area (Å²) in [5.74, 6) is -0.323. The summed E-state index contributed by atoms with van der Waals surface area (Å²) in [5.41, 5.74) is 5.89. The number of hydrogen-bond acceptors (Lipinski definition) is 5. The molecule has 3 N–H and O–H groups in total. The molecule has 0 fully saturated rings. The molecule has 2 aromatic carbocycles. The van der Waals surface area contributed by atoms with Gasteiger partial charge in [-0.05, 0) is 18.2 Å². The first kappa shape index (κ1) is 23.3. The summed E-state index contributed by atoms with van der Waals surface area (Å²) in [4.78, 5) is 14.3. The number of ether oxygens (including phenoxy) is 2. The van der Waals surface area contributed by atoms with Crippen LogP contribution in [0.5, 0.6) is 11.5 Å². The van der Waals surface area contributed by atoms with Gasteiger partial charge in [-0.25, -0.2) is 4.99 Å². The molecule has 28 heavy (non-hydrogen) atoms. The van der Waals surface area contributed by atoms with E-state index in [1.54, 1.807) is 0 Å². The Morgan fingerprint density at radius 1 is 1.25 bits per heavy atom. The number of nitro groups is 1. The molecule has 2 rings (SSSR count). The van der Waals surface area contributed by atoms with Gasteiger partial charge >= 0.3 is 6.36 Å². The summed E-state index contributed by atoms with van der Waals surface area (Å²) >= 11 is 0. The van der Waals surface area contributed by atoms with Gasteiger partial charge in [-0.2, -0.15) is 0 Å². The van der Waals surface area contributed by atoms with Crippen LogP contribution < -0.4 is 20.5 Å². The van der Waals surface area contributed by atoms with Crippen LogP contribution in [0.2, 0.25) is 0 Å². The Hall–Kier alpha value is -2.77. The van der Waals surface area contributed by atoms with E-state index in [2.05, 4.69) is 15.0 Å². The van der Waals surface area contributed by atoms with Crippen molar-refractivity contribution in [2.24, 2.45) is 10.7 Å². The molecule has 0 aliphatic rings. The van der Waals surface area contributed by atoms with Crippen molar-refractivity contribution in [1.82, 2.24) is 0 Å². The number of benzene rings is 2. The number of nitrogens with zero attached hydrogens (tertiary/aromatic N) is 2. The Kier molecular flexibility index (Phi) is 8.28. The minimum Gasteiger partial charge on any atom is -0.496 e. The van der Waals surface area contributed by atoms with Crippen LogP contribution in [-0.4, -0.2) is 24.4 Å². The average molecular weight is 512 g/mol. The van der Waals surface area contributed by atoms with Gasteiger partial charge in [-0.1, -0.05) is 12.1 Å². The number of rotatable bonds is 6. The largest absolute Gasteiger partial charge is 0.573 e. The molecular weight excluding hydrogens is 496 g/mol. The number of hydrogen-bond donors (Lipinski definition) is 2. The molecule has 2 aromatic rings. The molecule has 8 nitrogen and oxygen atoms in total. The highest BCUT2D eigenvalue weighted by Gasteiger charge is 2.32. The van der Waals surface area contributed by atoms with Crippen molar-refractivity contribution < 1.29 is 27.6 Å². The van der Waals surface area contributed by atoms with Crippen molar-refractivity contribution in [3.8, 4) is 11.5 Å². The number of anilines is 1. The fourth-order valence-electron chi connectivity index (χ4n) is 2.13. The van der Waals surface area contributed by atoms with Crippen LogP contribution in [0.3, 0.4) is 0 Å². The summed E-state index contributed by atoms with van der Waals surface area (Å²) in [7, 11) is 1.39. The van der Waals surface area contributed by atoms with E-state index in [1.807, 2.05) is 0 Å². The smallest absolute Gasteiger partial charge is 0.496 e. The molecule has 0 atom stereocenters. The second-order valence-electron chi connectivity index (χ2n) is 5.12. The first-order valence-corrected chi connectivity index (χ1v) is 7.42. The molecule has 152 valence electrons. The van der Waals surface area contributed by atoms with Crippen LogP contribution in [0, 0.1) is 10.1 Å². The lowest BCUT2D eigenvalue weighted by molar-refractivity contribution is -0.384. The number of nitro benzene ring substituents is 1. The number of methoxy groups -OCH3 is 1. The monoisotopic (exact) mass is 512 g/mol. The lowest BCUT2D eigenvalue weighted by Crippen LogP contribution is -2.24. The van der Waals surface area contributed by atoms with Crippen LogP contribution in [0.1, 0.15) is 5.56 Å². The van der Waals surface area contributed by atoms with Gasteiger partial charge in [0.05, 0.1) is 24.3 Å². The summed E-state index contributed by atoms with van der Waals surface area (Å²) in [6, 6.07) is 9.27. The molecule has 0 aliphatic carbocycles. The van der Waals surface area contributed by atoms with Crippen molar-refractivity contribution in [1.29, 1.82) is 0 Å². The van der Waals surface area contributed by atoms with Gasteiger partial charge in [0.25, 0.3) is 5.69 Å². The molecule has 0 aromatic heterocycles. The number of para-hydroxylation sites is 2. The molecule has 0 heterocycles. The van der Waals surface area contributed by atoms with E-state index in [4.69, 9.17) is 10.5 Å². The number of nitrogens with two attached hydrogens (primary N) is 1. The maximum Gasteiger partial charge on any atom is 0.573 e. The average Bonchev–Trinajstić information content (AvgIpc) is 2.60. The van der Waals surface area contributed by atoms with E-state index in [0.717, 1.165) is 6.07 Å². The SMILES string of the molecule is COc1ccc([N+](=O)[O-])cc1CN=C(N)Nc1ccccc1OC(F)(F)F.I. The zero-order valence-corrected chi connectivity index (χ0v) is 16.7. The van der Waals surface area contributed by atoms with E-state index in [0.29, 0.717) is 11.3 Å². The zero-order valence-electron chi connectivity index (χ0n) is 14.4. The van der Waals surface area contributed by atoms with Crippen LogP contribution in [0.4, 0.5) is 24.5 Å². The highest BCUT2D eigenvalue weighted by molar-refractivity contribution is 14.0. The third-order valence-corrected chi connectivity index (χ3v) is 3.27. The second kappa shape index (κ2) is 9.96. The summed E-state index contributed by atoms with van der Waals surface area (Å²) in [5, 5.41) is 13.4. The highest BCUT2D eigenvalue weighted by Crippen LogP contribution is 2.30. The fraction of sp³-hybridized carbons (Fsp3) is 0.188. The molecule has 0 aliphatic heterocycles. The third-order valence-electron chi connectivity index (χ3n) is 3.27. The minimum absolute atomic E-state index is 0. The number of halogens is 4. The number of non-ortho nitro benzene ring substituents is 1. The molecule has 0 saturated carbocycles. The third kappa shape index (κ3) is 6.75. The van der Waals surface area contributed by atoms with Crippen LogP contribution >= 0.6 is 24.0 Å². The molecule has 0 amide bonds. The van der Waals surface area contributed by atoms with Crippen molar-refractivity contribution in [3.05, 3.63) is 58.1 Å². The van der Waals surface area contributed by atoms with Gasteiger partial charge in [0.2, 0.25) is 0 Å². The van der Waals surface area contributed by atoms with Crippen LogP contribution in [0.15, 0.2) is 47.5 Å². The number of alkyl halides is 3. The predicted octanol–water partition coefficient (Wildman–Crippen LogP) is 4.05. The van der Waals surface area contributed by atoms with Gasteiger partial charge in [-0.15, -0.1) is 37.1 Å². The quantitative estimate of drug-likeness (QED) is 0.199. The van der Waals surface area contributed by atoms with Crippen LogP contribution in [-0.2, 0) is 6.54 Å². The Labute approximate surface area is 174 Å². The van der Waals surface area contributed by atoms with Crippen molar-refractivity contribution in [2.75, 3.05) is 12.4 Å².